The van der Waals surface area contributed by atoms with Crippen LogP contribution in [0.15, 0.2) is 91.1 Å². The van der Waals surface area contributed by atoms with Gasteiger partial charge in [0.1, 0.15) is 11.0 Å². The van der Waals surface area contributed by atoms with Crippen molar-refractivity contribution in [2.75, 3.05) is 10.2 Å². The highest BCUT2D eigenvalue weighted by atomic mass is 32.1. The van der Waals surface area contributed by atoms with Crippen molar-refractivity contribution in [1.29, 1.82) is 0 Å². The second kappa shape index (κ2) is 8.54. The molecule has 1 atom stereocenters. The summed E-state index contributed by atoms with van der Waals surface area (Å²) in [5, 5.41) is 9.08. The third kappa shape index (κ3) is 3.36. The van der Waals surface area contributed by atoms with Gasteiger partial charge < -0.3 is 10.2 Å². The highest BCUT2D eigenvalue weighted by Gasteiger charge is 2.34. The Labute approximate surface area is 235 Å². The van der Waals surface area contributed by atoms with Gasteiger partial charge in [0.25, 0.3) is 0 Å². The van der Waals surface area contributed by atoms with Gasteiger partial charge in [-0.05, 0) is 60.4 Å². The van der Waals surface area contributed by atoms with Crippen LogP contribution in [0.5, 0.6) is 0 Å². The lowest BCUT2D eigenvalue weighted by Crippen LogP contribution is -2.24. The van der Waals surface area contributed by atoms with E-state index in [1.54, 1.807) is 11.3 Å². The molecule has 0 bridgehead atoms. The Morgan fingerprint density at radius 1 is 0.769 bits per heavy atom. The van der Waals surface area contributed by atoms with E-state index in [0.717, 1.165) is 10.5 Å². The number of anilines is 3. The van der Waals surface area contributed by atoms with Gasteiger partial charge in [-0.25, -0.2) is 4.98 Å². The van der Waals surface area contributed by atoms with E-state index in [-0.39, 0.29) is 6.17 Å². The number of hydrogen-bond donors (Lipinski definition) is 1. The van der Waals surface area contributed by atoms with Crippen molar-refractivity contribution in [3.8, 4) is 0 Å². The number of benzene rings is 4. The van der Waals surface area contributed by atoms with Crippen LogP contribution in [0, 0.1) is 6.92 Å². The maximum absolute atomic E-state index is 4.67. The molecule has 39 heavy (non-hydrogen) atoms. The molecule has 190 valence electrons. The summed E-state index contributed by atoms with van der Waals surface area (Å²) < 4.78 is 4.04. The van der Waals surface area contributed by atoms with E-state index < -0.39 is 0 Å². The number of aryl methyl sites for hydroxylation is 1. The smallest absolute Gasteiger partial charge is 0.132 e. The minimum absolute atomic E-state index is 0.0164. The lowest BCUT2D eigenvalue weighted by Gasteiger charge is -2.29. The Bertz CT molecular complexity index is 2070. The van der Waals surface area contributed by atoms with Crippen molar-refractivity contribution < 1.29 is 0 Å². The number of thiophene rings is 2. The van der Waals surface area contributed by atoms with Gasteiger partial charge in [-0.15, -0.1) is 22.7 Å². The van der Waals surface area contributed by atoms with Crippen LogP contribution in [0.2, 0.25) is 0 Å². The molecule has 0 aliphatic carbocycles. The van der Waals surface area contributed by atoms with Crippen molar-refractivity contribution in [2.24, 2.45) is 0 Å². The van der Waals surface area contributed by atoms with E-state index in [0.29, 0.717) is 5.92 Å². The summed E-state index contributed by atoms with van der Waals surface area (Å²) >= 11 is 3.71. The molecule has 0 radical (unpaired) electrons. The number of aromatic nitrogens is 1. The Morgan fingerprint density at radius 3 is 2.49 bits per heavy atom. The maximum atomic E-state index is 4.67. The zero-order valence-electron chi connectivity index (χ0n) is 22.0. The van der Waals surface area contributed by atoms with Crippen LogP contribution in [0.25, 0.3) is 40.5 Å². The summed E-state index contributed by atoms with van der Waals surface area (Å²) in [6.07, 6.45) is 1.87. The van der Waals surface area contributed by atoms with Crippen LogP contribution in [0.3, 0.4) is 0 Å². The molecule has 8 rings (SSSR count). The molecular weight excluding hydrogens is 515 g/mol. The number of nitrogens with one attached hydrogen (secondary N) is 1. The average molecular weight is 542 g/mol. The minimum Gasteiger partial charge on any atom is -0.359 e. The van der Waals surface area contributed by atoms with E-state index in [9.17, 15) is 0 Å². The normalized spacial score (nSPS) is 15.2. The first-order valence-corrected chi connectivity index (χ1v) is 15.1. The van der Waals surface area contributed by atoms with Crippen molar-refractivity contribution in [1.82, 2.24) is 4.98 Å². The molecule has 1 aliphatic rings. The number of para-hydroxylation sites is 2. The highest BCUT2D eigenvalue weighted by Crippen LogP contribution is 2.51. The van der Waals surface area contributed by atoms with Crippen LogP contribution in [0.4, 0.5) is 17.1 Å². The first kappa shape index (κ1) is 23.0. The van der Waals surface area contributed by atoms with E-state index in [4.69, 9.17) is 0 Å². The second-order valence-electron chi connectivity index (χ2n) is 10.7. The molecule has 4 aromatic carbocycles. The topological polar surface area (TPSA) is 28.2 Å². The van der Waals surface area contributed by atoms with Gasteiger partial charge in [-0.3, -0.25) is 0 Å². The molecule has 3 nitrogen and oxygen atoms in total. The molecule has 4 heterocycles. The summed E-state index contributed by atoms with van der Waals surface area (Å²) in [6.45, 7) is 6.82. The zero-order chi connectivity index (χ0) is 26.2. The van der Waals surface area contributed by atoms with Gasteiger partial charge in [0, 0.05) is 53.1 Å². The van der Waals surface area contributed by atoms with Crippen LogP contribution >= 0.6 is 22.7 Å². The van der Waals surface area contributed by atoms with Crippen LogP contribution in [-0.4, -0.2) is 4.98 Å². The molecule has 0 fully saturated rings. The van der Waals surface area contributed by atoms with Crippen molar-refractivity contribution in [3.63, 3.8) is 0 Å². The summed E-state index contributed by atoms with van der Waals surface area (Å²) in [7, 11) is 0. The standard InChI is InChI=1S/C34H27N3S2/c1-19(2)21-13-14-22-24-15-16-28(20(3)31(24)38-30(22)18-21)37-29-12-5-4-11-27(29)36-33(37)26-9-6-8-23-25-10-7-17-35-34(25)39-32(23)26/h4-19,33,36H,1-3H3. The largest absolute Gasteiger partial charge is 0.359 e. The third-order valence-corrected chi connectivity index (χ3v) is 10.6. The van der Waals surface area contributed by atoms with E-state index in [2.05, 4.69) is 115 Å². The minimum atomic E-state index is -0.0164. The lowest BCUT2D eigenvalue weighted by molar-refractivity contribution is 0.835. The molecule has 7 aromatic rings. The number of pyridine rings is 1. The predicted octanol–water partition coefficient (Wildman–Crippen LogP) is 10.5. The molecule has 1 aliphatic heterocycles. The summed E-state index contributed by atoms with van der Waals surface area (Å²) in [6, 6.07) is 31.2. The maximum Gasteiger partial charge on any atom is 0.132 e. The Hall–Kier alpha value is -3.93. The molecule has 0 saturated carbocycles. The molecule has 5 heteroatoms. The Balaban J connectivity index is 1.35. The molecular formula is C34H27N3S2. The summed E-state index contributed by atoms with van der Waals surface area (Å²) in [5.74, 6) is 0.524. The third-order valence-electron chi connectivity index (χ3n) is 8.13. The zero-order valence-corrected chi connectivity index (χ0v) is 23.7. The summed E-state index contributed by atoms with van der Waals surface area (Å²) in [5.41, 5.74) is 7.63. The van der Waals surface area contributed by atoms with Gasteiger partial charge in [-0.2, -0.15) is 0 Å². The van der Waals surface area contributed by atoms with Gasteiger partial charge >= 0.3 is 0 Å². The molecule has 3 aromatic heterocycles. The number of hydrogen-bond acceptors (Lipinski definition) is 5. The monoisotopic (exact) mass is 541 g/mol. The first-order chi connectivity index (χ1) is 19.1. The fraction of sp³-hybridized carbons (Fsp3) is 0.147. The van der Waals surface area contributed by atoms with Gasteiger partial charge in [0.15, 0.2) is 0 Å². The fourth-order valence-corrected chi connectivity index (χ4v) is 8.54. The molecule has 1 unspecified atom stereocenters. The number of nitrogens with zero attached hydrogens (tertiary/aromatic N) is 2. The van der Waals surface area contributed by atoms with Gasteiger partial charge in [-0.1, -0.05) is 62.4 Å². The molecule has 0 amide bonds. The predicted molar refractivity (Wildman–Crippen MR) is 170 cm³/mol. The summed E-state index contributed by atoms with van der Waals surface area (Å²) in [4.78, 5) is 8.26. The van der Waals surface area contributed by atoms with Crippen molar-refractivity contribution in [3.05, 3.63) is 108 Å². The average Bonchev–Trinajstić information content (AvgIpc) is 3.64. The molecule has 1 N–H and O–H groups in total. The van der Waals surface area contributed by atoms with Crippen LogP contribution < -0.4 is 10.2 Å². The van der Waals surface area contributed by atoms with E-state index in [1.807, 2.05) is 23.6 Å². The van der Waals surface area contributed by atoms with Gasteiger partial charge in [0.05, 0.1) is 11.4 Å². The molecule has 0 spiro atoms. The SMILES string of the molecule is Cc1c(N2c3ccccc3NC2c2cccc3c2sc2ncccc23)ccc2c1sc1cc(C(C)C)ccc12. The Kier molecular flexibility index (Phi) is 5.03. The molecule has 0 saturated heterocycles. The highest BCUT2D eigenvalue weighted by molar-refractivity contribution is 7.26. The van der Waals surface area contributed by atoms with E-state index >= 15 is 0 Å². The first-order valence-electron chi connectivity index (χ1n) is 13.4. The quantitative estimate of drug-likeness (QED) is 0.241. The second-order valence-corrected chi connectivity index (χ2v) is 12.8. The van der Waals surface area contributed by atoms with Crippen LogP contribution in [0.1, 0.15) is 42.6 Å². The van der Waals surface area contributed by atoms with Crippen LogP contribution in [-0.2, 0) is 0 Å². The number of fused-ring (bicyclic) bond motifs is 7. The number of rotatable bonds is 3. The van der Waals surface area contributed by atoms with Gasteiger partial charge in [0.2, 0.25) is 0 Å². The fourth-order valence-electron chi connectivity index (χ4n) is 6.11. The van der Waals surface area contributed by atoms with E-state index in [1.165, 1.54) is 63.7 Å². The Morgan fingerprint density at radius 2 is 1.59 bits per heavy atom. The van der Waals surface area contributed by atoms with Crippen molar-refractivity contribution >= 4 is 80.2 Å². The lowest BCUT2D eigenvalue weighted by atomic mass is 10.0. The van der Waals surface area contributed by atoms with Crippen molar-refractivity contribution in [2.45, 2.75) is 32.9 Å².